The van der Waals surface area contributed by atoms with Gasteiger partial charge in [0.2, 0.25) is 5.91 Å². The lowest BCUT2D eigenvalue weighted by Crippen LogP contribution is -2.42. The minimum Gasteiger partial charge on any atom is -0.497 e. The van der Waals surface area contributed by atoms with Crippen LogP contribution in [0, 0.1) is 12.3 Å². The van der Waals surface area contributed by atoms with Crippen LogP contribution in [-0.2, 0) is 4.79 Å². The fourth-order valence-corrected chi connectivity index (χ4v) is 3.53. The zero-order chi connectivity index (χ0) is 20.0. The van der Waals surface area contributed by atoms with Gasteiger partial charge in [0.1, 0.15) is 11.5 Å². The largest absolute Gasteiger partial charge is 0.497 e. The van der Waals surface area contributed by atoms with E-state index < -0.39 is 0 Å². The lowest BCUT2D eigenvalue weighted by molar-refractivity contribution is -0.132. The number of ether oxygens (including phenoxy) is 2. The van der Waals surface area contributed by atoms with Crippen molar-refractivity contribution < 1.29 is 14.3 Å². The van der Waals surface area contributed by atoms with Crippen molar-refractivity contribution in [2.45, 2.75) is 50.2 Å². The third-order valence-electron chi connectivity index (χ3n) is 5.36. The topological polar surface area (TPSA) is 75.5 Å². The van der Waals surface area contributed by atoms with Crippen molar-refractivity contribution in [1.29, 1.82) is 0 Å². The van der Waals surface area contributed by atoms with Gasteiger partial charge in [0.15, 0.2) is 5.66 Å². The van der Waals surface area contributed by atoms with Crippen LogP contribution in [-0.4, -0.2) is 49.8 Å². The average Bonchev–Trinajstić information content (AvgIpc) is 3.51. The Bertz CT molecular complexity index is 735. The number of rotatable bonds is 9. The molecule has 1 saturated heterocycles. The van der Waals surface area contributed by atoms with Crippen molar-refractivity contribution in [2.75, 3.05) is 32.6 Å². The molecule has 28 heavy (non-hydrogen) atoms. The Morgan fingerprint density at radius 1 is 1.21 bits per heavy atom. The third-order valence-corrected chi connectivity index (χ3v) is 5.36. The second-order valence-electron chi connectivity index (χ2n) is 7.29. The first-order valence-electron chi connectivity index (χ1n) is 9.72. The van der Waals surface area contributed by atoms with Crippen LogP contribution in [0.2, 0.25) is 0 Å². The number of methoxy groups -OCH3 is 2. The summed E-state index contributed by atoms with van der Waals surface area (Å²) in [6, 6.07) is 6.08. The van der Waals surface area contributed by atoms with Crippen LogP contribution in [0.3, 0.4) is 0 Å². The van der Waals surface area contributed by atoms with Gasteiger partial charge in [-0.3, -0.25) is 4.79 Å². The summed E-state index contributed by atoms with van der Waals surface area (Å²) in [5.74, 6) is 4.30. The normalized spacial score (nSPS) is 17.7. The molecule has 2 aliphatic rings. The lowest BCUT2D eigenvalue weighted by Gasteiger charge is -2.33. The quantitative estimate of drug-likeness (QED) is 0.662. The molecule has 1 aromatic rings. The van der Waals surface area contributed by atoms with Crippen molar-refractivity contribution in [3.8, 4) is 23.8 Å². The average molecular weight is 384 g/mol. The summed E-state index contributed by atoms with van der Waals surface area (Å²) < 4.78 is 10.6. The summed E-state index contributed by atoms with van der Waals surface area (Å²) in [7, 11) is 3.28. The Labute approximate surface area is 166 Å². The molecule has 2 aliphatic heterocycles. The number of terminal acetylenes is 1. The molecular formula is C21H28N4O3. The van der Waals surface area contributed by atoms with Gasteiger partial charge in [-0.2, -0.15) is 10.2 Å². The van der Waals surface area contributed by atoms with Gasteiger partial charge < -0.3 is 19.7 Å². The smallest absolute Gasteiger partial charge is 0.222 e. The van der Waals surface area contributed by atoms with Crippen LogP contribution < -0.4 is 14.8 Å². The Morgan fingerprint density at radius 2 is 1.86 bits per heavy atom. The highest BCUT2D eigenvalue weighted by molar-refractivity contribution is 5.76. The van der Waals surface area contributed by atoms with Crippen LogP contribution in [0.25, 0.3) is 0 Å². The predicted octanol–water partition coefficient (Wildman–Crippen LogP) is 3.46. The molecule has 2 heterocycles. The monoisotopic (exact) mass is 384 g/mol. The van der Waals surface area contributed by atoms with Crippen LogP contribution in [0.5, 0.6) is 11.5 Å². The molecule has 0 radical (unpaired) electrons. The van der Waals surface area contributed by atoms with Crippen molar-refractivity contribution in [3.63, 3.8) is 0 Å². The predicted molar refractivity (Wildman–Crippen MR) is 108 cm³/mol. The number of hydrogen-bond donors (Lipinski definition) is 1. The van der Waals surface area contributed by atoms with E-state index in [1.54, 1.807) is 14.2 Å². The molecule has 0 bridgehead atoms. The van der Waals surface area contributed by atoms with E-state index in [4.69, 9.17) is 15.9 Å². The number of likely N-dealkylation sites (tertiary alicyclic amines) is 1. The van der Waals surface area contributed by atoms with Gasteiger partial charge in [-0.1, -0.05) is 0 Å². The maximum Gasteiger partial charge on any atom is 0.222 e. The molecule has 1 amide bonds. The molecule has 3 rings (SSSR count). The van der Waals surface area contributed by atoms with Crippen LogP contribution in [0.4, 0.5) is 5.69 Å². The van der Waals surface area contributed by atoms with Crippen molar-refractivity contribution in [2.24, 2.45) is 10.2 Å². The molecule has 0 atom stereocenters. The van der Waals surface area contributed by atoms with Gasteiger partial charge in [-0.05, 0) is 12.8 Å². The van der Waals surface area contributed by atoms with Crippen LogP contribution >= 0.6 is 0 Å². The molecule has 1 aromatic carbocycles. The van der Waals surface area contributed by atoms with Crippen LogP contribution in [0.1, 0.15) is 38.5 Å². The number of benzene rings is 1. The number of hydrogen-bond acceptors (Lipinski definition) is 6. The van der Waals surface area contributed by atoms with Gasteiger partial charge in [0, 0.05) is 68.7 Å². The minimum absolute atomic E-state index is 0.180. The second kappa shape index (κ2) is 8.96. The minimum atomic E-state index is -0.382. The van der Waals surface area contributed by atoms with Gasteiger partial charge in [0.05, 0.1) is 14.2 Å². The van der Waals surface area contributed by atoms with E-state index in [-0.39, 0.29) is 11.6 Å². The number of amides is 1. The van der Waals surface area contributed by atoms with E-state index in [1.165, 1.54) is 0 Å². The SMILES string of the molecule is C#CCCC1(CCC(=O)N2CCC(Nc3cc(OC)cc(OC)c3)CC2)N=N1. The van der Waals surface area contributed by atoms with Crippen molar-refractivity contribution in [1.82, 2.24) is 4.90 Å². The maximum atomic E-state index is 12.5. The molecule has 0 aliphatic carbocycles. The first-order valence-corrected chi connectivity index (χ1v) is 9.72. The zero-order valence-electron chi connectivity index (χ0n) is 16.6. The number of piperidine rings is 1. The van der Waals surface area contributed by atoms with E-state index in [9.17, 15) is 4.79 Å². The highest BCUT2D eigenvalue weighted by atomic mass is 16.5. The van der Waals surface area contributed by atoms with E-state index in [0.29, 0.717) is 25.3 Å². The molecule has 7 nitrogen and oxygen atoms in total. The highest BCUT2D eigenvalue weighted by Crippen LogP contribution is 2.37. The number of nitrogens with zero attached hydrogens (tertiary/aromatic N) is 3. The van der Waals surface area contributed by atoms with E-state index in [0.717, 1.165) is 49.5 Å². The number of carbonyl (C=O) groups is 1. The number of nitrogens with one attached hydrogen (secondary N) is 1. The summed E-state index contributed by atoms with van der Waals surface area (Å²) in [6.07, 6.45) is 9.64. The fraction of sp³-hybridized carbons (Fsp3) is 0.571. The first-order chi connectivity index (χ1) is 13.6. The molecule has 0 aromatic heterocycles. The standard InChI is InChI=1S/C21H28N4O3/c1-4-5-9-21(23-24-21)10-6-20(26)25-11-7-16(8-12-25)22-17-13-18(27-2)15-19(14-17)28-3/h1,13-16,22H,5-12H2,2-3H3. The molecule has 1 fully saturated rings. The summed E-state index contributed by atoms with van der Waals surface area (Å²) in [5.41, 5.74) is 0.584. The fourth-order valence-electron chi connectivity index (χ4n) is 3.53. The second-order valence-corrected chi connectivity index (χ2v) is 7.29. The Morgan fingerprint density at radius 3 is 2.39 bits per heavy atom. The molecule has 0 unspecified atom stereocenters. The van der Waals surface area contributed by atoms with Crippen molar-refractivity contribution in [3.05, 3.63) is 18.2 Å². The van der Waals surface area contributed by atoms with Gasteiger partial charge in [-0.25, -0.2) is 0 Å². The Balaban J connectivity index is 1.44. The van der Waals surface area contributed by atoms with Crippen LogP contribution in [0.15, 0.2) is 28.4 Å². The van der Waals surface area contributed by atoms with Gasteiger partial charge in [0.25, 0.3) is 0 Å². The molecular weight excluding hydrogens is 356 g/mol. The molecule has 150 valence electrons. The summed E-state index contributed by atoms with van der Waals surface area (Å²) in [5, 5.41) is 11.7. The lowest BCUT2D eigenvalue weighted by atomic mass is 10.0. The van der Waals surface area contributed by atoms with E-state index >= 15 is 0 Å². The molecule has 7 heteroatoms. The van der Waals surface area contributed by atoms with Gasteiger partial charge in [-0.15, -0.1) is 12.3 Å². The summed E-state index contributed by atoms with van der Waals surface area (Å²) >= 11 is 0. The number of anilines is 1. The number of carbonyl (C=O) groups excluding carboxylic acids is 1. The third kappa shape index (κ3) is 5.16. The summed E-state index contributed by atoms with van der Waals surface area (Å²) in [6.45, 7) is 1.51. The molecule has 1 N–H and O–H groups in total. The highest BCUT2D eigenvalue weighted by Gasteiger charge is 2.39. The zero-order valence-corrected chi connectivity index (χ0v) is 16.6. The molecule has 0 saturated carbocycles. The Hall–Kier alpha value is -2.75. The van der Waals surface area contributed by atoms with Crippen molar-refractivity contribution >= 4 is 11.6 Å². The van der Waals surface area contributed by atoms with Gasteiger partial charge >= 0.3 is 0 Å². The maximum absolute atomic E-state index is 12.5. The molecule has 0 spiro atoms. The Kier molecular flexibility index (Phi) is 6.40. The van der Waals surface area contributed by atoms with E-state index in [2.05, 4.69) is 21.5 Å². The summed E-state index contributed by atoms with van der Waals surface area (Å²) in [4.78, 5) is 14.5. The first kappa shape index (κ1) is 20.0. The van der Waals surface area contributed by atoms with E-state index in [1.807, 2.05) is 23.1 Å².